The van der Waals surface area contributed by atoms with Crippen LogP contribution in [0.1, 0.15) is 39.7 Å². The Morgan fingerprint density at radius 2 is 1.79 bits per heavy atom. The largest absolute Gasteiger partial charge is 0.461 e. The number of ether oxygens (including phenoxy) is 1. The molecule has 1 atom stereocenters. The Labute approximate surface area is 200 Å². The number of hydrogen-bond donors (Lipinski definition) is 1. The first-order valence-electron chi connectivity index (χ1n) is 11.1. The van der Waals surface area contributed by atoms with E-state index in [1.165, 1.54) is 28.7 Å². The topological polar surface area (TPSA) is 45.8 Å². The van der Waals surface area contributed by atoms with E-state index in [1.54, 1.807) is 12.1 Å². The highest BCUT2D eigenvalue weighted by atomic mass is 32.1. The van der Waals surface area contributed by atoms with E-state index in [0.29, 0.717) is 18.8 Å². The fourth-order valence-corrected chi connectivity index (χ4v) is 6.11. The zero-order valence-electron chi connectivity index (χ0n) is 18.2. The van der Waals surface area contributed by atoms with Crippen molar-refractivity contribution in [3.8, 4) is 0 Å². The van der Waals surface area contributed by atoms with Gasteiger partial charge >= 0.3 is 0 Å². The van der Waals surface area contributed by atoms with E-state index >= 15 is 0 Å². The van der Waals surface area contributed by atoms with Gasteiger partial charge in [0.25, 0.3) is 0 Å². The average Bonchev–Trinajstić information content (AvgIpc) is 3.62. The summed E-state index contributed by atoms with van der Waals surface area (Å²) in [5.41, 5.74) is -0.406. The molecule has 4 aromatic rings. The van der Waals surface area contributed by atoms with E-state index in [9.17, 15) is 9.50 Å². The minimum atomic E-state index is -1.32. The summed E-state index contributed by atoms with van der Waals surface area (Å²) in [6.45, 7) is 2.67. The van der Waals surface area contributed by atoms with Gasteiger partial charge in [0.1, 0.15) is 17.3 Å². The molecule has 4 heterocycles. The van der Waals surface area contributed by atoms with Crippen molar-refractivity contribution in [2.24, 2.45) is 0 Å². The van der Waals surface area contributed by atoms with Crippen molar-refractivity contribution in [3.63, 3.8) is 0 Å². The molecule has 0 bridgehead atoms. The second-order valence-electron chi connectivity index (χ2n) is 8.37. The lowest BCUT2D eigenvalue weighted by Gasteiger charge is -2.25. The van der Waals surface area contributed by atoms with Gasteiger partial charge < -0.3 is 14.3 Å². The Hall–Kier alpha value is -2.29. The maximum absolute atomic E-state index is 13.8. The van der Waals surface area contributed by atoms with Gasteiger partial charge in [0.05, 0.1) is 12.6 Å². The lowest BCUT2D eigenvalue weighted by Crippen LogP contribution is -2.31. The summed E-state index contributed by atoms with van der Waals surface area (Å²) < 4.78 is 25.9. The predicted molar refractivity (Wildman–Crippen MR) is 129 cm³/mol. The summed E-state index contributed by atoms with van der Waals surface area (Å²) >= 11 is 3.01. The molecular weight excluding hydrogens is 457 g/mol. The summed E-state index contributed by atoms with van der Waals surface area (Å²) in [4.78, 5) is 3.87. The third-order valence-corrected chi connectivity index (χ3v) is 7.89. The summed E-state index contributed by atoms with van der Waals surface area (Å²) in [5.74, 6) is 1.03. The van der Waals surface area contributed by atoms with E-state index in [1.807, 2.05) is 53.2 Å². The molecule has 7 heteroatoms. The molecule has 1 fully saturated rings. The minimum Gasteiger partial charge on any atom is -0.461 e. The molecule has 0 amide bonds. The van der Waals surface area contributed by atoms with Crippen LogP contribution in [0.3, 0.4) is 0 Å². The van der Waals surface area contributed by atoms with E-state index in [2.05, 4.69) is 4.90 Å². The van der Waals surface area contributed by atoms with E-state index in [-0.39, 0.29) is 11.9 Å². The molecule has 5 rings (SSSR count). The van der Waals surface area contributed by atoms with Crippen molar-refractivity contribution in [2.45, 2.75) is 37.6 Å². The molecule has 0 spiro atoms. The molecule has 172 valence electrons. The highest BCUT2D eigenvalue weighted by Crippen LogP contribution is 2.41. The van der Waals surface area contributed by atoms with Crippen LogP contribution in [0.5, 0.6) is 0 Å². The van der Waals surface area contributed by atoms with Gasteiger partial charge in [0.15, 0.2) is 5.60 Å². The number of halogens is 1. The molecule has 1 aromatic carbocycles. The van der Waals surface area contributed by atoms with Gasteiger partial charge in [-0.3, -0.25) is 4.90 Å². The van der Waals surface area contributed by atoms with Crippen LogP contribution in [-0.4, -0.2) is 29.3 Å². The summed E-state index contributed by atoms with van der Waals surface area (Å²) in [6, 6.07) is 18.2. The zero-order valence-corrected chi connectivity index (χ0v) is 19.8. The van der Waals surface area contributed by atoms with Crippen LogP contribution in [-0.2, 0) is 23.4 Å². The minimum absolute atomic E-state index is 0.169. The molecule has 1 saturated heterocycles. The molecule has 33 heavy (non-hydrogen) atoms. The lowest BCUT2D eigenvalue weighted by molar-refractivity contribution is 0.0634. The quantitative estimate of drug-likeness (QED) is 0.317. The van der Waals surface area contributed by atoms with Crippen molar-refractivity contribution in [2.75, 3.05) is 13.2 Å². The number of aliphatic hydroxyl groups is 1. The Morgan fingerprint density at radius 1 is 1.00 bits per heavy atom. The van der Waals surface area contributed by atoms with E-state index < -0.39 is 5.60 Å². The van der Waals surface area contributed by atoms with Crippen molar-refractivity contribution < 1.29 is 18.7 Å². The summed E-state index contributed by atoms with van der Waals surface area (Å²) in [5, 5.41) is 15.7. The number of thiophene rings is 2. The molecule has 0 saturated carbocycles. The van der Waals surface area contributed by atoms with Crippen LogP contribution in [0.2, 0.25) is 0 Å². The third-order valence-electron chi connectivity index (χ3n) is 5.93. The van der Waals surface area contributed by atoms with Gasteiger partial charge in [-0.15, -0.1) is 22.7 Å². The molecular formula is C26H26FNO3S2. The second kappa shape index (κ2) is 9.91. The molecule has 0 aliphatic carbocycles. The number of furan rings is 1. The van der Waals surface area contributed by atoms with Crippen LogP contribution in [0.4, 0.5) is 4.39 Å². The normalized spacial score (nSPS) is 16.6. The van der Waals surface area contributed by atoms with Gasteiger partial charge in [-0.25, -0.2) is 4.39 Å². The van der Waals surface area contributed by atoms with Crippen LogP contribution in [0, 0.1) is 5.82 Å². The van der Waals surface area contributed by atoms with Crippen LogP contribution >= 0.6 is 22.7 Å². The maximum Gasteiger partial charge on any atom is 0.191 e. The van der Waals surface area contributed by atoms with Gasteiger partial charge in [0.2, 0.25) is 0 Å². The Kier molecular flexibility index (Phi) is 6.76. The number of hydrogen-bond acceptors (Lipinski definition) is 6. The fourth-order valence-electron chi connectivity index (χ4n) is 4.37. The van der Waals surface area contributed by atoms with Crippen LogP contribution in [0.25, 0.3) is 0 Å². The molecule has 4 nitrogen and oxygen atoms in total. The maximum atomic E-state index is 13.8. The number of benzene rings is 1. The van der Waals surface area contributed by atoms with Crippen molar-refractivity contribution in [1.82, 2.24) is 4.90 Å². The Balaban J connectivity index is 1.40. The smallest absolute Gasteiger partial charge is 0.191 e. The molecule has 1 N–H and O–H groups in total. The monoisotopic (exact) mass is 483 g/mol. The molecule has 3 aromatic heterocycles. The highest BCUT2D eigenvalue weighted by Gasteiger charge is 2.39. The van der Waals surface area contributed by atoms with Crippen LogP contribution in [0.15, 0.2) is 75.8 Å². The number of nitrogens with zero attached hydrogens (tertiary/aromatic N) is 1. The molecule has 0 radical (unpaired) electrons. The fraction of sp³-hybridized carbons (Fsp3) is 0.308. The number of rotatable bonds is 9. The molecule has 0 unspecified atom stereocenters. The van der Waals surface area contributed by atoms with E-state index in [0.717, 1.165) is 47.1 Å². The summed E-state index contributed by atoms with van der Waals surface area (Å²) in [7, 11) is 0. The van der Waals surface area contributed by atoms with Gasteiger partial charge in [-0.1, -0.05) is 24.3 Å². The standard InChI is InChI=1S/C26H26FNO3S2/c27-20-6-1-5-19(15-20)16-28(17-21-7-2-12-30-21)18-22-10-11-23(31-22)26(29,24-8-3-13-32-24)25-9-4-14-33-25/h1,3-6,8-11,13-15,21,29H,2,7,12,16-18H2/t21-/m0/s1. The first-order chi connectivity index (χ1) is 16.1. The zero-order chi connectivity index (χ0) is 22.7. The van der Waals surface area contributed by atoms with E-state index in [4.69, 9.17) is 9.15 Å². The molecule has 1 aliphatic rings. The lowest BCUT2D eigenvalue weighted by atomic mass is 9.97. The van der Waals surface area contributed by atoms with Crippen molar-refractivity contribution in [1.29, 1.82) is 0 Å². The summed E-state index contributed by atoms with van der Waals surface area (Å²) in [6.07, 6.45) is 2.26. The predicted octanol–water partition coefficient (Wildman–Crippen LogP) is 6.01. The Bertz CT molecular complexity index is 1120. The van der Waals surface area contributed by atoms with Gasteiger partial charge in [0, 0.05) is 29.5 Å². The first-order valence-corrected chi connectivity index (χ1v) is 12.8. The SMILES string of the molecule is OC(c1ccc(CN(Cc2cccc(F)c2)C[C@@H]2CCCO2)o1)(c1cccs1)c1cccs1. The van der Waals surface area contributed by atoms with Gasteiger partial charge in [-0.2, -0.15) is 0 Å². The van der Waals surface area contributed by atoms with Crippen molar-refractivity contribution >= 4 is 22.7 Å². The van der Waals surface area contributed by atoms with Crippen molar-refractivity contribution in [3.05, 3.63) is 104 Å². The highest BCUT2D eigenvalue weighted by molar-refractivity contribution is 7.11. The second-order valence-corrected chi connectivity index (χ2v) is 10.3. The van der Waals surface area contributed by atoms with Crippen LogP contribution < -0.4 is 0 Å². The van der Waals surface area contributed by atoms with Gasteiger partial charge in [-0.05, 0) is 65.6 Å². The first kappa shape index (κ1) is 22.5. The third kappa shape index (κ3) is 4.98. The Morgan fingerprint density at radius 3 is 2.42 bits per heavy atom. The molecule has 1 aliphatic heterocycles. The average molecular weight is 484 g/mol.